The van der Waals surface area contributed by atoms with Crippen molar-refractivity contribution in [3.8, 4) is 0 Å². The van der Waals surface area contributed by atoms with Crippen molar-refractivity contribution in [2.75, 3.05) is 44.2 Å². The van der Waals surface area contributed by atoms with Gasteiger partial charge in [0.25, 0.3) is 0 Å². The number of halogens is 4. The quantitative estimate of drug-likeness (QED) is 0.579. The summed E-state index contributed by atoms with van der Waals surface area (Å²) >= 11 is 6.11. The Labute approximate surface area is 230 Å². The minimum Gasteiger partial charge on any atom is -0.393 e. The van der Waals surface area contributed by atoms with Crippen molar-refractivity contribution in [3.05, 3.63) is 22.8 Å². The average Bonchev–Trinajstić information content (AvgIpc) is 2.90. The van der Waals surface area contributed by atoms with Gasteiger partial charge in [-0.15, -0.1) is 0 Å². The predicted molar refractivity (Wildman–Crippen MR) is 138 cm³/mol. The van der Waals surface area contributed by atoms with E-state index in [1.54, 1.807) is 14.7 Å². The normalized spacial score (nSPS) is 34.4. The van der Waals surface area contributed by atoms with Gasteiger partial charge in [0.15, 0.2) is 0 Å². The lowest BCUT2D eigenvalue weighted by Crippen LogP contribution is -2.61. The second-order valence-corrected chi connectivity index (χ2v) is 12.7. The van der Waals surface area contributed by atoms with Crippen LogP contribution < -0.4 is 10.2 Å². The molecule has 2 saturated heterocycles. The number of urea groups is 1. The number of aliphatic hydroxyl groups excluding tert-OH is 1. The number of alkyl halides is 3. The number of nitrogens with zero attached hydrogens (tertiary/aromatic N) is 4. The van der Waals surface area contributed by atoms with Gasteiger partial charge in [0.2, 0.25) is 5.91 Å². The Morgan fingerprint density at radius 2 is 1.74 bits per heavy atom. The first-order chi connectivity index (χ1) is 18.5. The zero-order valence-electron chi connectivity index (χ0n) is 21.8. The molecule has 3 heterocycles. The molecule has 214 valence electrons. The second-order valence-electron chi connectivity index (χ2n) is 12.3. The molecular weight excluding hydrogens is 535 g/mol. The molecule has 8 nitrogen and oxygen atoms in total. The molecule has 4 bridgehead atoms. The van der Waals surface area contributed by atoms with E-state index in [4.69, 9.17) is 11.6 Å². The van der Waals surface area contributed by atoms with Gasteiger partial charge in [0.05, 0.1) is 22.1 Å². The standard InChI is InChI=1S/C27H35ClF3N5O3/c28-21-10-19(27(29,30)31)14-32-23(21)34-4-6-35(7-5-34)25(39)36-3-1-2-20(15-36)33-24(38)26-11-16-8-17(12-26)22(37)18(9-16)13-26/h10,14,16-18,20,22,37H,1-9,11-13,15H2,(H,33,38)/t16?,17?,18?,20-,22?,26?/m0/s1. The van der Waals surface area contributed by atoms with Crippen LogP contribution in [0.2, 0.25) is 5.02 Å². The first kappa shape index (κ1) is 26.9. The Bertz CT molecular complexity index is 1110. The maximum absolute atomic E-state index is 13.5. The monoisotopic (exact) mass is 569 g/mol. The Balaban J connectivity index is 1.03. The van der Waals surface area contributed by atoms with E-state index >= 15 is 0 Å². The number of pyridine rings is 1. The molecule has 6 fully saturated rings. The highest BCUT2D eigenvalue weighted by Gasteiger charge is 2.58. The fraction of sp³-hybridized carbons (Fsp3) is 0.741. The number of piperidine rings is 1. The molecule has 2 aliphatic heterocycles. The minimum absolute atomic E-state index is 0.0623. The topological polar surface area (TPSA) is 89.0 Å². The van der Waals surface area contributed by atoms with E-state index in [-0.39, 0.29) is 52.2 Å². The number of anilines is 1. The highest BCUT2D eigenvalue weighted by Crippen LogP contribution is 2.60. The zero-order chi connectivity index (χ0) is 27.5. The first-order valence-corrected chi connectivity index (χ1v) is 14.4. The molecule has 39 heavy (non-hydrogen) atoms. The van der Waals surface area contributed by atoms with Gasteiger partial charge >= 0.3 is 12.2 Å². The van der Waals surface area contributed by atoms with Crippen molar-refractivity contribution in [2.24, 2.45) is 23.2 Å². The molecule has 0 radical (unpaired) electrons. The summed E-state index contributed by atoms with van der Waals surface area (Å²) < 4.78 is 38.8. The number of amides is 3. The maximum Gasteiger partial charge on any atom is 0.417 e. The SMILES string of the molecule is O=C(N1CCN(c2ncc(C(F)(F)F)cc2Cl)CC1)N1CCC[C@H](NC(=O)C23CC4CC(C2)C(O)C(C4)C3)C1. The number of nitrogens with one attached hydrogen (secondary N) is 1. The largest absolute Gasteiger partial charge is 0.417 e. The molecule has 1 aromatic heterocycles. The van der Waals surface area contributed by atoms with Crippen LogP contribution in [0, 0.1) is 23.2 Å². The number of rotatable bonds is 3. The first-order valence-electron chi connectivity index (χ1n) is 14.0. The number of piperazine rings is 1. The Kier molecular flexibility index (Phi) is 6.89. The molecule has 4 aliphatic carbocycles. The van der Waals surface area contributed by atoms with E-state index in [0.29, 0.717) is 45.2 Å². The average molecular weight is 570 g/mol. The molecule has 0 aromatic carbocycles. The lowest BCUT2D eigenvalue weighted by molar-refractivity contribution is -0.164. The number of hydrogen-bond acceptors (Lipinski definition) is 5. The van der Waals surface area contributed by atoms with Gasteiger partial charge in [0, 0.05) is 51.5 Å². The van der Waals surface area contributed by atoms with Crippen molar-refractivity contribution in [3.63, 3.8) is 0 Å². The van der Waals surface area contributed by atoms with E-state index < -0.39 is 11.7 Å². The summed E-state index contributed by atoms with van der Waals surface area (Å²) in [5, 5.41) is 13.8. The summed E-state index contributed by atoms with van der Waals surface area (Å²) in [5.41, 5.74) is -1.26. The molecule has 1 aromatic rings. The fourth-order valence-corrected chi connectivity index (χ4v) is 8.30. The highest BCUT2D eigenvalue weighted by molar-refractivity contribution is 6.33. The van der Waals surface area contributed by atoms with Gasteiger partial charge in [-0.3, -0.25) is 4.79 Å². The molecule has 2 unspecified atom stereocenters. The van der Waals surface area contributed by atoms with Crippen LogP contribution in [0.1, 0.15) is 50.5 Å². The molecule has 6 aliphatic rings. The smallest absolute Gasteiger partial charge is 0.393 e. The summed E-state index contributed by atoms with van der Waals surface area (Å²) in [7, 11) is 0. The van der Waals surface area contributed by atoms with Gasteiger partial charge < -0.3 is 25.1 Å². The van der Waals surface area contributed by atoms with Crippen LogP contribution in [0.15, 0.2) is 12.3 Å². The van der Waals surface area contributed by atoms with Crippen LogP contribution in [0.4, 0.5) is 23.8 Å². The maximum atomic E-state index is 13.5. The molecule has 0 spiro atoms. The van der Waals surface area contributed by atoms with Gasteiger partial charge in [-0.05, 0) is 68.8 Å². The Hall–Kier alpha value is -2.27. The summed E-state index contributed by atoms with van der Waals surface area (Å²) in [4.78, 5) is 36.2. The molecule has 2 N–H and O–H groups in total. The zero-order valence-corrected chi connectivity index (χ0v) is 22.6. The van der Waals surface area contributed by atoms with Crippen molar-refractivity contribution < 1.29 is 27.9 Å². The van der Waals surface area contributed by atoms with Crippen LogP contribution in [0.25, 0.3) is 0 Å². The third-order valence-electron chi connectivity index (χ3n) is 9.73. The van der Waals surface area contributed by atoms with Crippen LogP contribution in [-0.2, 0) is 11.0 Å². The van der Waals surface area contributed by atoms with E-state index in [1.165, 1.54) is 0 Å². The van der Waals surface area contributed by atoms with E-state index in [2.05, 4.69) is 10.3 Å². The van der Waals surface area contributed by atoms with Gasteiger partial charge in [-0.25, -0.2) is 9.78 Å². The number of hydrogen-bond donors (Lipinski definition) is 2. The van der Waals surface area contributed by atoms with E-state index in [9.17, 15) is 27.9 Å². The van der Waals surface area contributed by atoms with Crippen LogP contribution >= 0.6 is 11.6 Å². The predicted octanol–water partition coefficient (Wildman–Crippen LogP) is 3.76. The Morgan fingerprint density at radius 1 is 1.05 bits per heavy atom. The number of likely N-dealkylation sites (tertiary alicyclic amines) is 1. The molecule has 12 heteroatoms. The van der Waals surface area contributed by atoms with Crippen LogP contribution in [-0.4, -0.2) is 83.2 Å². The Morgan fingerprint density at radius 3 is 2.38 bits per heavy atom. The van der Waals surface area contributed by atoms with Crippen LogP contribution in [0.3, 0.4) is 0 Å². The van der Waals surface area contributed by atoms with Gasteiger partial charge in [-0.2, -0.15) is 13.2 Å². The number of carbonyl (C=O) groups excluding carboxylic acids is 2. The second kappa shape index (κ2) is 9.98. The molecule has 4 saturated carbocycles. The summed E-state index contributed by atoms with van der Waals surface area (Å²) in [6.45, 7) is 2.72. The number of aromatic nitrogens is 1. The third-order valence-corrected chi connectivity index (χ3v) is 10.0. The molecule has 3 atom stereocenters. The van der Waals surface area contributed by atoms with Gasteiger partial charge in [-0.1, -0.05) is 11.6 Å². The van der Waals surface area contributed by atoms with E-state index in [1.807, 2.05) is 0 Å². The summed E-state index contributed by atoms with van der Waals surface area (Å²) in [5.74, 6) is 1.39. The number of aliphatic hydroxyl groups is 1. The van der Waals surface area contributed by atoms with Crippen molar-refractivity contribution in [1.82, 2.24) is 20.1 Å². The minimum atomic E-state index is -4.51. The molecule has 7 rings (SSSR count). The highest BCUT2D eigenvalue weighted by atomic mass is 35.5. The number of carbonyl (C=O) groups is 2. The lowest BCUT2D eigenvalue weighted by atomic mass is 9.48. The van der Waals surface area contributed by atoms with Crippen molar-refractivity contribution in [1.29, 1.82) is 0 Å². The molecule has 3 amide bonds. The fourth-order valence-electron chi connectivity index (χ4n) is 8.01. The summed E-state index contributed by atoms with van der Waals surface area (Å²) in [6.07, 6.45) is 2.16. The third kappa shape index (κ3) is 5.05. The molecular formula is C27H35ClF3N5O3. The van der Waals surface area contributed by atoms with Gasteiger partial charge in [0.1, 0.15) is 5.82 Å². The van der Waals surface area contributed by atoms with Crippen LogP contribution in [0.5, 0.6) is 0 Å². The van der Waals surface area contributed by atoms with E-state index in [0.717, 1.165) is 57.2 Å². The summed E-state index contributed by atoms with van der Waals surface area (Å²) in [6, 6.07) is 0.706. The van der Waals surface area contributed by atoms with Crippen molar-refractivity contribution in [2.45, 2.75) is 63.3 Å². The lowest BCUT2D eigenvalue weighted by Gasteiger charge is -2.58. The van der Waals surface area contributed by atoms with Crippen molar-refractivity contribution >= 4 is 29.4 Å².